The largest absolute Gasteiger partial charge is 0.283 e. The summed E-state index contributed by atoms with van der Waals surface area (Å²) >= 11 is 18.7. The number of hydrazine groups is 1. The molecule has 0 aromatic heterocycles. The average molecular weight is 464 g/mol. The normalized spacial score (nSPS) is 21.6. The first kappa shape index (κ1) is 21.2. The molecule has 0 spiro atoms. The number of anilines is 1. The van der Waals surface area contributed by atoms with Gasteiger partial charge in [-0.25, -0.2) is 5.01 Å². The number of hydrogen-bond donors (Lipinski definition) is 1. The van der Waals surface area contributed by atoms with Gasteiger partial charge in [0.05, 0.1) is 16.8 Å². The lowest BCUT2D eigenvalue weighted by molar-refractivity contribution is -0.119. The zero-order chi connectivity index (χ0) is 21.3. The second kappa shape index (κ2) is 8.98. The van der Waals surface area contributed by atoms with Gasteiger partial charge in [0.1, 0.15) is 5.71 Å². The molecule has 2 aliphatic rings. The molecule has 156 valence electrons. The fraction of sp³-hybridized carbons (Fsp3) is 0.273. The molecule has 0 radical (unpaired) electrons. The van der Waals surface area contributed by atoms with E-state index in [1.165, 1.54) is 0 Å². The molecule has 0 unspecified atom stereocenters. The maximum atomic E-state index is 13.1. The predicted octanol–water partition coefficient (Wildman–Crippen LogP) is 5.49. The molecule has 0 aliphatic carbocycles. The third kappa shape index (κ3) is 4.35. The van der Waals surface area contributed by atoms with Crippen LogP contribution in [0.15, 0.2) is 59.7 Å². The Morgan fingerprint density at radius 1 is 1.07 bits per heavy atom. The van der Waals surface area contributed by atoms with E-state index in [4.69, 9.17) is 39.9 Å². The van der Waals surface area contributed by atoms with E-state index in [9.17, 15) is 4.79 Å². The number of halogens is 3. The van der Waals surface area contributed by atoms with Gasteiger partial charge in [-0.1, -0.05) is 66.0 Å². The number of hydrazone groups is 1. The van der Waals surface area contributed by atoms with Gasteiger partial charge in [0.2, 0.25) is 0 Å². The van der Waals surface area contributed by atoms with Gasteiger partial charge in [-0.3, -0.25) is 15.2 Å². The van der Waals surface area contributed by atoms with Crippen LogP contribution in [0, 0.1) is 5.92 Å². The van der Waals surface area contributed by atoms with E-state index in [0.29, 0.717) is 33.0 Å². The molecule has 2 heterocycles. The van der Waals surface area contributed by atoms with Crippen molar-refractivity contribution in [1.82, 2.24) is 10.4 Å². The Morgan fingerprint density at radius 3 is 2.47 bits per heavy atom. The van der Waals surface area contributed by atoms with Crippen molar-refractivity contribution in [1.29, 1.82) is 0 Å². The van der Waals surface area contributed by atoms with Crippen molar-refractivity contribution < 1.29 is 4.79 Å². The summed E-state index contributed by atoms with van der Waals surface area (Å²) in [6.45, 7) is 3.45. The SMILES string of the molecule is C[C@H]1C(C(=O)NN2CC=CCC2)=NN(c2ccc(Cl)cc2Cl)[C@H]1c1ccc(Cl)cc1. The zero-order valence-electron chi connectivity index (χ0n) is 16.4. The number of nitrogens with one attached hydrogen (secondary N) is 1. The molecule has 0 saturated heterocycles. The van der Waals surface area contributed by atoms with Crippen LogP contribution in [0.2, 0.25) is 15.1 Å². The predicted molar refractivity (Wildman–Crippen MR) is 123 cm³/mol. The Hall–Kier alpha value is -2.05. The van der Waals surface area contributed by atoms with Crippen LogP contribution in [-0.4, -0.2) is 29.7 Å². The molecule has 8 heteroatoms. The highest BCUT2D eigenvalue weighted by atomic mass is 35.5. The average Bonchev–Trinajstić information content (AvgIpc) is 3.06. The smallest absolute Gasteiger partial charge is 0.282 e. The fourth-order valence-electron chi connectivity index (χ4n) is 3.79. The maximum Gasteiger partial charge on any atom is 0.282 e. The quantitative estimate of drug-likeness (QED) is 0.610. The van der Waals surface area contributed by atoms with Gasteiger partial charge < -0.3 is 0 Å². The van der Waals surface area contributed by atoms with E-state index in [2.05, 4.69) is 11.5 Å². The number of carbonyl (C=O) groups is 1. The van der Waals surface area contributed by atoms with Gasteiger partial charge in [-0.15, -0.1) is 0 Å². The number of hydrogen-bond acceptors (Lipinski definition) is 4. The lowest BCUT2D eigenvalue weighted by atomic mass is 9.91. The lowest BCUT2D eigenvalue weighted by Crippen LogP contribution is -2.47. The summed E-state index contributed by atoms with van der Waals surface area (Å²) in [4.78, 5) is 13.1. The fourth-order valence-corrected chi connectivity index (χ4v) is 4.41. The molecule has 1 amide bonds. The molecule has 5 nitrogen and oxygen atoms in total. The van der Waals surface area contributed by atoms with E-state index in [1.807, 2.05) is 48.3 Å². The van der Waals surface area contributed by atoms with Crippen LogP contribution in [0.1, 0.15) is 24.9 Å². The van der Waals surface area contributed by atoms with Crippen molar-refractivity contribution in [3.05, 3.63) is 75.2 Å². The molecule has 4 rings (SSSR count). The van der Waals surface area contributed by atoms with E-state index in [1.54, 1.807) is 17.1 Å². The second-order valence-corrected chi connectivity index (χ2v) is 8.64. The Balaban J connectivity index is 1.69. The first-order valence-corrected chi connectivity index (χ1v) is 10.9. The molecule has 2 aromatic carbocycles. The third-order valence-corrected chi connectivity index (χ3v) is 6.09. The van der Waals surface area contributed by atoms with Crippen molar-refractivity contribution in [2.24, 2.45) is 11.0 Å². The molecule has 0 fully saturated rings. The molecule has 2 atom stereocenters. The summed E-state index contributed by atoms with van der Waals surface area (Å²) in [5, 5.41) is 10.1. The molecule has 0 saturated carbocycles. The summed E-state index contributed by atoms with van der Waals surface area (Å²) in [6.07, 6.45) is 5.06. The molecule has 30 heavy (non-hydrogen) atoms. The Labute approximate surface area is 190 Å². The van der Waals surface area contributed by atoms with Gasteiger partial charge in [0.25, 0.3) is 5.91 Å². The van der Waals surface area contributed by atoms with E-state index < -0.39 is 0 Å². The van der Waals surface area contributed by atoms with Crippen molar-refractivity contribution in [3.63, 3.8) is 0 Å². The molecular weight excluding hydrogens is 443 g/mol. The summed E-state index contributed by atoms with van der Waals surface area (Å²) in [5.41, 5.74) is 5.12. The molecule has 1 N–H and O–H groups in total. The molecule has 0 bridgehead atoms. The number of nitrogens with zero attached hydrogens (tertiary/aromatic N) is 3. The van der Waals surface area contributed by atoms with Crippen molar-refractivity contribution >= 4 is 52.1 Å². The van der Waals surface area contributed by atoms with Gasteiger partial charge in [0, 0.05) is 29.1 Å². The van der Waals surface area contributed by atoms with Crippen LogP contribution in [-0.2, 0) is 4.79 Å². The van der Waals surface area contributed by atoms with E-state index in [0.717, 1.165) is 18.5 Å². The minimum atomic E-state index is -0.206. The lowest BCUT2D eigenvalue weighted by Gasteiger charge is -2.28. The van der Waals surface area contributed by atoms with Crippen LogP contribution in [0.4, 0.5) is 5.69 Å². The third-order valence-electron chi connectivity index (χ3n) is 5.30. The standard InChI is InChI=1S/C22H21Cl3N4O/c1-14-20(22(30)27-28-11-3-2-4-12-28)26-29(19-10-9-17(24)13-18(19)25)21(14)15-5-7-16(23)8-6-15/h2-3,5-10,13-14,21H,4,11-12H2,1H3,(H,27,30)/t14-,21+/m0/s1. The molecule has 2 aliphatic heterocycles. The molecule has 2 aromatic rings. The first-order valence-electron chi connectivity index (χ1n) is 9.73. The highest BCUT2D eigenvalue weighted by Gasteiger charge is 2.40. The Morgan fingerprint density at radius 2 is 1.80 bits per heavy atom. The molecular formula is C22H21Cl3N4O. The van der Waals surface area contributed by atoms with Crippen LogP contribution in [0.5, 0.6) is 0 Å². The van der Waals surface area contributed by atoms with Gasteiger partial charge in [-0.05, 0) is 42.3 Å². The van der Waals surface area contributed by atoms with Crippen LogP contribution in [0.25, 0.3) is 0 Å². The minimum absolute atomic E-state index is 0.168. The summed E-state index contributed by atoms with van der Waals surface area (Å²) < 4.78 is 0. The Kier molecular flexibility index (Phi) is 6.34. The van der Waals surface area contributed by atoms with E-state index in [-0.39, 0.29) is 17.9 Å². The maximum absolute atomic E-state index is 13.1. The number of carbonyl (C=O) groups excluding carboxylic acids is 1. The highest BCUT2D eigenvalue weighted by Crippen LogP contribution is 2.42. The van der Waals surface area contributed by atoms with Crippen molar-refractivity contribution in [2.45, 2.75) is 19.4 Å². The first-order chi connectivity index (χ1) is 14.4. The number of amides is 1. The van der Waals surface area contributed by atoms with E-state index >= 15 is 0 Å². The van der Waals surface area contributed by atoms with Crippen LogP contribution < -0.4 is 10.4 Å². The Bertz CT molecular complexity index is 1010. The second-order valence-electron chi connectivity index (χ2n) is 7.36. The van der Waals surface area contributed by atoms with Gasteiger partial charge in [0.15, 0.2) is 0 Å². The summed E-state index contributed by atoms with van der Waals surface area (Å²) in [6, 6.07) is 12.6. The van der Waals surface area contributed by atoms with Gasteiger partial charge >= 0.3 is 0 Å². The highest BCUT2D eigenvalue weighted by molar-refractivity contribution is 6.41. The van der Waals surface area contributed by atoms with Gasteiger partial charge in [-0.2, -0.15) is 5.10 Å². The number of rotatable bonds is 4. The van der Waals surface area contributed by atoms with Crippen LogP contribution >= 0.6 is 34.8 Å². The summed E-state index contributed by atoms with van der Waals surface area (Å²) in [5.74, 6) is -0.373. The minimum Gasteiger partial charge on any atom is -0.283 e. The number of benzene rings is 2. The zero-order valence-corrected chi connectivity index (χ0v) is 18.6. The van der Waals surface area contributed by atoms with Crippen molar-refractivity contribution in [2.75, 3.05) is 18.1 Å². The topological polar surface area (TPSA) is 47.9 Å². The summed E-state index contributed by atoms with van der Waals surface area (Å²) in [7, 11) is 0. The van der Waals surface area contributed by atoms with Crippen LogP contribution in [0.3, 0.4) is 0 Å². The van der Waals surface area contributed by atoms with Crippen molar-refractivity contribution in [3.8, 4) is 0 Å². The monoisotopic (exact) mass is 462 g/mol.